The maximum atomic E-state index is 12.7. The molecule has 0 amide bonds. The SMILES string of the molecule is Cc1cc(-n2n3c4cc(S(=O)(=O)O)c5cc(S(=O)(=O)O)ccc5c4n23)ccc1N=Nc1ccc(C=Cc2ccc(-n3n4c5cc(S(=O)(=O)O)c6cc(S(=O)(=O)O)ccc6c5n34)cc2S(=O)(=O)O)c(S(=O)(=O)O)c1. The molecule has 0 aliphatic heterocycles. The van der Waals surface area contributed by atoms with Gasteiger partial charge in [0.25, 0.3) is 60.7 Å². The third kappa shape index (κ3) is 7.87. The minimum absolute atomic E-state index is 0.0407. The molecular formula is C41H28N8O18S6. The van der Waals surface area contributed by atoms with Gasteiger partial charge in [-0.1, -0.05) is 36.4 Å². The Morgan fingerprint density at radius 2 is 0.822 bits per heavy atom. The summed E-state index contributed by atoms with van der Waals surface area (Å²) in [6.45, 7) is 1.69. The normalized spacial score (nSPS) is 14.0. The molecule has 376 valence electrons. The van der Waals surface area contributed by atoms with E-state index < -0.39 is 90.1 Å². The molecule has 0 saturated carbocycles. The summed E-state index contributed by atoms with van der Waals surface area (Å²) in [7, 11) is -29.3. The Hall–Kier alpha value is -7.34. The largest absolute Gasteiger partial charge is 0.295 e. The van der Waals surface area contributed by atoms with E-state index in [1.807, 2.05) is 0 Å². The zero-order valence-electron chi connectivity index (χ0n) is 36.1. The summed E-state index contributed by atoms with van der Waals surface area (Å²) in [6, 6.07) is 20.8. The van der Waals surface area contributed by atoms with Crippen molar-refractivity contribution < 1.29 is 77.8 Å². The van der Waals surface area contributed by atoms with Gasteiger partial charge >= 0.3 is 0 Å². The fourth-order valence-electron chi connectivity index (χ4n) is 8.67. The van der Waals surface area contributed by atoms with E-state index in [-0.39, 0.29) is 49.6 Å². The van der Waals surface area contributed by atoms with Crippen LogP contribution in [0.4, 0.5) is 11.4 Å². The van der Waals surface area contributed by atoms with Crippen molar-refractivity contribution in [1.29, 1.82) is 0 Å². The first-order chi connectivity index (χ1) is 33.9. The van der Waals surface area contributed by atoms with E-state index in [0.717, 1.165) is 60.7 Å². The zero-order valence-corrected chi connectivity index (χ0v) is 41.0. The summed E-state index contributed by atoms with van der Waals surface area (Å²) in [4.78, 5) is -0.841. The zero-order chi connectivity index (χ0) is 52.4. The van der Waals surface area contributed by atoms with Gasteiger partial charge in [-0.2, -0.15) is 70.3 Å². The van der Waals surface area contributed by atoms with Crippen molar-refractivity contribution in [3.05, 3.63) is 120 Å². The Bertz CT molecular complexity index is 5040. The summed E-state index contributed by atoms with van der Waals surface area (Å²) in [5.74, 6) is 0. The van der Waals surface area contributed by atoms with Crippen molar-refractivity contribution in [2.24, 2.45) is 10.2 Å². The molecule has 4 heterocycles. The van der Waals surface area contributed by atoms with Crippen LogP contribution in [0.1, 0.15) is 16.7 Å². The summed E-state index contributed by atoms with van der Waals surface area (Å²) in [6.07, 6.45) is 2.30. The average molecular weight is 1110 g/mol. The van der Waals surface area contributed by atoms with E-state index in [0.29, 0.717) is 33.5 Å². The van der Waals surface area contributed by atoms with Crippen molar-refractivity contribution in [2.45, 2.75) is 36.3 Å². The Morgan fingerprint density at radius 3 is 1.26 bits per heavy atom. The van der Waals surface area contributed by atoms with Crippen LogP contribution < -0.4 is 0 Å². The number of aryl methyl sites for hydroxylation is 1. The summed E-state index contributed by atoms with van der Waals surface area (Å²) in [5, 5.41) is 8.35. The topological polar surface area (TPSA) is 378 Å². The van der Waals surface area contributed by atoms with Crippen LogP contribution in [0.15, 0.2) is 143 Å². The first-order valence-corrected chi connectivity index (χ1v) is 28.9. The van der Waals surface area contributed by atoms with Crippen molar-refractivity contribution >= 4 is 128 Å². The molecule has 4 aromatic heterocycles. The van der Waals surface area contributed by atoms with E-state index in [1.165, 1.54) is 50.5 Å². The van der Waals surface area contributed by atoms with Gasteiger partial charge in [0.15, 0.2) is 0 Å². The molecule has 32 heteroatoms. The second-order valence-electron chi connectivity index (χ2n) is 16.4. The quantitative estimate of drug-likeness (QED) is 0.0475. The predicted octanol–water partition coefficient (Wildman–Crippen LogP) is 5.84. The van der Waals surface area contributed by atoms with Gasteiger partial charge in [-0.25, -0.2) is 0 Å². The highest BCUT2D eigenvalue weighted by molar-refractivity contribution is 7.87. The summed E-state index contributed by atoms with van der Waals surface area (Å²) < 4.78 is 213. The molecule has 26 nitrogen and oxygen atoms in total. The molecule has 0 unspecified atom stereocenters. The number of hydrogen-bond donors (Lipinski definition) is 6. The Balaban J connectivity index is 0.883. The van der Waals surface area contributed by atoms with Gasteiger partial charge in [0.1, 0.15) is 41.6 Å². The van der Waals surface area contributed by atoms with Crippen molar-refractivity contribution in [2.75, 3.05) is 0 Å². The van der Waals surface area contributed by atoms with Crippen LogP contribution in [0.2, 0.25) is 0 Å². The minimum atomic E-state index is -5.01. The second kappa shape index (κ2) is 15.3. The number of azo groups is 1. The molecule has 0 aliphatic rings. The maximum Gasteiger partial charge on any atom is 0.295 e. The molecule has 0 spiro atoms. The van der Waals surface area contributed by atoms with Gasteiger partial charge < -0.3 is 0 Å². The molecule has 6 N–H and O–H groups in total. The Morgan fingerprint density at radius 1 is 0.397 bits per heavy atom. The fraction of sp³-hybridized carbons (Fsp3) is 0.0244. The summed E-state index contributed by atoms with van der Waals surface area (Å²) >= 11 is 0. The van der Waals surface area contributed by atoms with Crippen LogP contribution in [0.5, 0.6) is 0 Å². The van der Waals surface area contributed by atoms with Crippen LogP contribution in [0.25, 0.3) is 67.1 Å². The van der Waals surface area contributed by atoms with Crippen LogP contribution in [-0.4, -0.2) is 106 Å². The lowest BCUT2D eigenvalue weighted by Crippen LogP contribution is -2.04. The van der Waals surface area contributed by atoms with Gasteiger partial charge in [0.2, 0.25) is 0 Å². The lowest BCUT2D eigenvalue weighted by molar-refractivity contribution is 0.480. The average Bonchev–Trinajstić information content (AvgIpc) is 4.15. The van der Waals surface area contributed by atoms with E-state index in [1.54, 1.807) is 39.2 Å². The first kappa shape index (κ1) is 48.0. The molecule has 0 aliphatic carbocycles. The maximum absolute atomic E-state index is 12.7. The highest BCUT2D eigenvalue weighted by Gasteiger charge is 2.33. The number of nitrogens with zero attached hydrogens (tertiary/aromatic N) is 8. The molecule has 0 saturated heterocycles. The lowest BCUT2D eigenvalue weighted by atomic mass is 10.1. The van der Waals surface area contributed by atoms with Gasteiger partial charge in [0, 0.05) is 21.5 Å². The molecular weight excluding hydrogens is 1080 g/mol. The van der Waals surface area contributed by atoms with Gasteiger partial charge in [-0.05, 0) is 102 Å². The number of hydrogen-bond acceptors (Lipinski definition) is 14. The van der Waals surface area contributed by atoms with Gasteiger partial charge in [-0.3, -0.25) is 27.3 Å². The van der Waals surface area contributed by atoms with E-state index in [9.17, 15) is 77.8 Å². The van der Waals surface area contributed by atoms with Gasteiger partial charge in [0.05, 0.1) is 32.5 Å². The van der Waals surface area contributed by atoms with E-state index in [4.69, 9.17) is 0 Å². The van der Waals surface area contributed by atoms with Crippen molar-refractivity contribution in [3.8, 4) is 11.4 Å². The van der Waals surface area contributed by atoms with Crippen LogP contribution in [0, 0.1) is 6.92 Å². The number of aromatic nitrogens is 6. The van der Waals surface area contributed by atoms with Crippen molar-refractivity contribution in [3.63, 3.8) is 0 Å². The first-order valence-electron chi connectivity index (χ1n) is 20.3. The molecule has 0 radical (unpaired) electrons. The van der Waals surface area contributed by atoms with Gasteiger partial charge in [-0.15, -0.1) is 18.5 Å². The Kier molecular flexibility index (Phi) is 10.1. The summed E-state index contributed by atoms with van der Waals surface area (Å²) in [5.41, 5.74) is 2.50. The second-order valence-corrected chi connectivity index (χ2v) is 24.8. The smallest absolute Gasteiger partial charge is 0.282 e. The van der Waals surface area contributed by atoms with Crippen LogP contribution in [0.3, 0.4) is 0 Å². The number of fused-ring (bicyclic) bond motifs is 12. The number of benzene rings is 7. The van der Waals surface area contributed by atoms with Crippen molar-refractivity contribution in [1.82, 2.24) is 28.1 Å². The van der Waals surface area contributed by atoms with E-state index in [2.05, 4.69) is 10.2 Å². The van der Waals surface area contributed by atoms with Crippen LogP contribution in [-0.2, 0) is 60.7 Å². The highest BCUT2D eigenvalue weighted by Crippen LogP contribution is 2.40. The fourth-order valence-corrected chi connectivity index (χ4v) is 12.5. The molecule has 73 heavy (non-hydrogen) atoms. The third-order valence-electron chi connectivity index (χ3n) is 12.0. The molecule has 0 atom stereocenters. The molecule has 0 bridgehead atoms. The predicted molar refractivity (Wildman–Crippen MR) is 256 cm³/mol. The molecule has 11 rings (SSSR count). The monoisotopic (exact) mass is 1110 g/mol. The number of rotatable bonds is 12. The Labute approximate surface area is 409 Å². The highest BCUT2D eigenvalue weighted by atomic mass is 32.2. The minimum Gasteiger partial charge on any atom is -0.282 e. The lowest BCUT2D eigenvalue weighted by Gasteiger charge is -2.09. The molecule has 11 aromatic rings. The van der Waals surface area contributed by atoms with Crippen LogP contribution >= 0.6 is 0 Å². The standard InChI is InChI=1S/C41H28N8O18S6/c1-21-14-25(44-46-34-19-38(72(62,63)64)31-17-27(68(50,51)52)9-11-29(31)40(34)48(44)46)8-13-33(21)43-42-24-6-4-22(36(15-24)70(56,57)58)2-3-23-5-7-26(16-37(23)71(59,60)61)45-47-35-20-39(73(65,66)67)32-18-28(69(53,54)55)10-12-30(32)41(35)49(45)47/h2-20H,1H3,(H,50,51,52)(H,53,54,55)(H,56,57,58)(H,59,60,61)(H,62,63,64)(H,65,66,67). The third-order valence-corrected chi connectivity index (χ3v) is 17.3. The van der Waals surface area contributed by atoms with E-state index >= 15 is 0 Å². The molecule has 7 aromatic carbocycles. The molecule has 0 fully saturated rings.